The van der Waals surface area contributed by atoms with Crippen LogP contribution >= 0.6 is 0 Å². The lowest BCUT2D eigenvalue weighted by molar-refractivity contribution is 0.669. The van der Waals surface area contributed by atoms with Crippen LogP contribution in [-0.2, 0) is 5.41 Å². The molecule has 13 rings (SSSR count). The average molecular weight is 776 g/mol. The lowest BCUT2D eigenvalue weighted by Crippen LogP contribution is -2.25. The number of furan rings is 1. The first-order valence-electron chi connectivity index (χ1n) is 21.1. The van der Waals surface area contributed by atoms with Gasteiger partial charge in [0.05, 0.1) is 5.41 Å². The molecule has 0 fully saturated rings. The van der Waals surface area contributed by atoms with Crippen molar-refractivity contribution in [1.82, 2.24) is 0 Å². The molecule has 0 bridgehead atoms. The Morgan fingerprint density at radius 2 is 0.869 bits per heavy atom. The predicted molar refractivity (Wildman–Crippen MR) is 253 cm³/mol. The Bertz CT molecular complexity index is 3490. The smallest absolute Gasteiger partial charge is 0.136 e. The van der Waals surface area contributed by atoms with Crippen LogP contribution in [0.4, 0.5) is 17.1 Å². The van der Waals surface area contributed by atoms with Crippen molar-refractivity contribution in [2.24, 2.45) is 0 Å². The van der Waals surface area contributed by atoms with E-state index in [1.807, 2.05) is 6.07 Å². The molecule has 1 spiro atoms. The molecule has 0 saturated heterocycles. The Hall–Kier alpha value is -7.94. The minimum absolute atomic E-state index is 0.392. The van der Waals surface area contributed by atoms with Crippen molar-refractivity contribution < 1.29 is 4.42 Å². The third-order valence-electron chi connectivity index (χ3n) is 13.3. The molecule has 284 valence electrons. The number of nitrogens with zero attached hydrogens (tertiary/aromatic N) is 1. The Balaban J connectivity index is 1.03. The topological polar surface area (TPSA) is 16.4 Å². The zero-order chi connectivity index (χ0) is 40.1. The van der Waals surface area contributed by atoms with Crippen LogP contribution in [0.5, 0.6) is 0 Å². The van der Waals surface area contributed by atoms with Crippen LogP contribution in [0.2, 0.25) is 0 Å². The summed E-state index contributed by atoms with van der Waals surface area (Å²) in [5, 5.41) is 4.69. The van der Waals surface area contributed by atoms with Crippen LogP contribution in [0.1, 0.15) is 22.3 Å². The molecule has 2 aliphatic carbocycles. The van der Waals surface area contributed by atoms with Crippen LogP contribution < -0.4 is 4.90 Å². The highest BCUT2D eigenvalue weighted by atomic mass is 16.3. The second-order valence-corrected chi connectivity index (χ2v) is 16.4. The van der Waals surface area contributed by atoms with E-state index in [2.05, 4.69) is 223 Å². The van der Waals surface area contributed by atoms with E-state index in [1.54, 1.807) is 0 Å². The van der Waals surface area contributed by atoms with Crippen LogP contribution in [-0.4, -0.2) is 0 Å². The highest BCUT2D eigenvalue weighted by Gasteiger charge is 2.51. The van der Waals surface area contributed by atoms with Gasteiger partial charge < -0.3 is 9.32 Å². The van der Waals surface area contributed by atoms with Crippen molar-refractivity contribution in [3.05, 3.63) is 247 Å². The van der Waals surface area contributed by atoms with Gasteiger partial charge >= 0.3 is 0 Å². The summed E-state index contributed by atoms with van der Waals surface area (Å²) in [6.07, 6.45) is 0. The molecule has 0 saturated carbocycles. The second-order valence-electron chi connectivity index (χ2n) is 16.4. The van der Waals surface area contributed by atoms with Crippen LogP contribution in [0.3, 0.4) is 0 Å². The van der Waals surface area contributed by atoms with Crippen molar-refractivity contribution >= 4 is 49.8 Å². The van der Waals surface area contributed by atoms with Gasteiger partial charge in [-0.3, -0.25) is 0 Å². The van der Waals surface area contributed by atoms with E-state index in [9.17, 15) is 0 Å². The van der Waals surface area contributed by atoms with Crippen molar-refractivity contribution in [3.8, 4) is 44.5 Å². The minimum atomic E-state index is -0.392. The maximum Gasteiger partial charge on any atom is 0.136 e. The third-order valence-corrected chi connectivity index (χ3v) is 13.3. The lowest BCUT2D eigenvalue weighted by Gasteiger charge is -2.31. The quantitative estimate of drug-likeness (QED) is 0.173. The Morgan fingerprint density at radius 1 is 0.311 bits per heavy atom. The second kappa shape index (κ2) is 13.0. The molecule has 10 aromatic carbocycles. The van der Waals surface area contributed by atoms with Gasteiger partial charge in [0.1, 0.15) is 11.2 Å². The number of para-hydroxylation sites is 1. The molecule has 61 heavy (non-hydrogen) atoms. The molecule has 0 atom stereocenters. The zero-order valence-corrected chi connectivity index (χ0v) is 33.2. The summed E-state index contributed by atoms with van der Waals surface area (Å²) in [4.78, 5) is 2.43. The van der Waals surface area contributed by atoms with Gasteiger partial charge in [-0.15, -0.1) is 0 Å². The number of hydrogen-bond donors (Lipinski definition) is 0. The molecular weight excluding hydrogens is 739 g/mol. The Labute approximate surface area is 354 Å². The maximum absolute atomic E-state index is 6.40. The standard InChI is InChI=1S/C59H37NO/c1-2-14-38(15-3-1)39-28-31-42(32-29-39)60(43-18-12-17-41(36-43)45-23-13-16-40-30-35-56-58(57(40)45)49-22-7-11-27-55(49)61-56)44-33-34-54-50(37-44)48-21-6-10-26-53(48)59(54)51-24-8-4-19-46(51)47-20-5-9-25-52(47)59/h1-37H. The van der Waals surface area contributed by atoms with Crippen LogP contribution in [0, 0.1) is 0 Å². The lowest BCUT2D eigenvalue weighted by atomic mass is 9.70. The molecule has 2 nitrogen and oxygen atoms in total. The zero-order valence-electron chi connectivity index (χ0n) is 33.2. The van der Waals surface area contributed by atoms with E-state index in [-0.39, 0.29) is 0 Å². The van der Waals surface area contributed by atoms with E-state index in [1.165, 1.54) is 72.0 Å². The summed E-state index contributed by atoms with van der Waals surface area (Å²) < 4.78 is 6.40. The fraction of sp³-hybridized carbons (Fsp3) is 0.0169. The van der Waals surface area contributed by atoms with E-state index < -0.39 is 5.41 Å². The van der Waals surface area contributed by atoms with Gasteiger partial charge in [-0.25, -0.2) is 0 Å². The average Bonchev–Trinajstić information content (AvgIpc) is 3.96. The highest BCUT2D eigenvalue weighted by molar-refractivity contribution is 6.23. The van der Waals surface area contributed by atoms with Crippen molar-refractivity contribution in [2.75, 3.05) is 4.90 Å². The normalized spacial score (nSPS) is 13.0. The molecule has 0 aliphatic heterocycles. The summed E-state index contributed by atoms with van der Waals surface area (Å²) >= 11 is 0. The van der Waals surface area contributed by atoms with Gasteiger partial charge in [-0.1, -0.05) is 176 Å². The third kappa shape index (κ3) is 4.85. The fourth-order valence-corrected chi connectivity index (χ4v) is 10.8. The molecule has 0 N–H and O–H groups in total. The molecular formula is C59H37NO. The monoisotopic (exact) mass is 775 g/mol. The molecule has 0 radical (unpaired) electrons. The SMILES string of the molecule is c1ccc(-c2ccc(N(c3cccc(-c4cccc5ccc6oc7ccccc7c6c45)c3)c3ccc4c(c3)-c3ccccc3C43c4ccccc4-c4ccccc43)cc2)cc1. The van der Waals surface area contributed by atoms with Gasteiger partial charge in [0.2, 0.25) is 0 Å². The number of fused-ring (bicyclic) bond motifs is 15. The van der Waals surface area contributed by atoms with Crippen molar-refractivity contribution in [1.29, 1.82) is 0 Å². The maximum atomic E-state index is 6.40. The number of benzene rings is 10. The molecule has 1 aromatic heterocycles. The van der Waals surface area contributed by atoms with Gasteiger partial charge in [0.15, 0.2) is 0 Å². The summed E-state index contributed by atoms with van der Waals surface area (Å²) in [6.45, 7) is 0. The minimum Gasteiger partial charge on any atom is -0.456 e. The Morgan fingerprint density at radius 3 is 1.62 bits per heavy atom. The molecule has 0 unspecified atom stereocenters. The van der Waals surface area contributed by atoms with Crippen molar-refractivity contribution in [2.45, 2.75) is 5.41 Å². The predicted octanol–water partition coefficient (Wildman–Crippen LogP) is 15.9. The molecule has 2 aliphatic rings. The van der Waals surface area contributed by atoms with Gasteiger partial charge in [0, 0.05) is 33.2 Å². The number of rotatable bonds is 5. The van der Waals surface area contributed by atoms with E-state index in [4.69, 9.17) is 4.42 Å². The summed E-state index contributed by atoms with van der Waals surface area (Å²) in [6, 6.07) is 82.3. The van der Waals surface area contributed by atoms with Gasteiger partial charge in [0.25, 0.3) is 0 Å². The van der Waals surface area contributed by atoms with Crippen molar-refractivity contribution in [3.63, 3.8) is 0 Å². The molecule has 1 heterocycles. The first-order chi connectivity index (χ1) is 30.3. The van der Waals surface area contributed by atoms with E-state index >= 15 is 0 Å². The Kier molecular flexibility index (Phi) is 7.26. The highest BCUT2D eigenvalue weighted by Crippen LogP contribution is 2.63. The number of hydrogen-bond acceptors (Lipinski definition) is 2. The molecule has 11 aromatic rings. The van der Waals surface area contributed by atoms with Crippen LogP contribution in [0.25, 0.3) is 77.2 Å². The summed E-state index contributed by atoms with van der Waals surface area (Å²) in [7, 11) is 0. The fourth-order valence-electron chi connectivity index (χ4n) is 10.8. The van der Waals surface area contributed by atoms with E-state index in [0.29, 0.717) is 0 Å². The summed E-state index contributed by atoms with van der Waals surface area (Å²) in [5.74, 6) is 0. The van der Waals surface area contributed by atoms with Crippen LogP contribution in [0.15, 0.2) is 229 Å². The first kappa shape index (κ1) is 34.0. The first-order valence-corrected chi connectivity index (χ1v) is 21.1. The summed E-state index contributed by atoms with van der Waals surface area (Å²) in [5.41, 5.74) is 20.0. The van der Waals surface area contributed by atoms with Gasteiger partial charge in [-0.2, -0.15) is 0 Å². The number of anilines is 3. The molecule has 0 amide bonds. The van der Waals surface area contributed by atoms with Gasteiger partial charge in [-0.05, 0) is 121 Å². The van der Waals surface area contributed by atoms with E-state index in [0.717, 1.165) is 44.6 Å². The molecule has 2 heteroatoms. The largest absolute Gasteiger partial charge is 0.456 e.